The third kappa shape index (κ3) is 3.15. The number of ether oxygens (including phenoxy) is 1. The predicted molar refractivity (Wildman–Crippen MR) is 76.8 cm³/mol. The van der Waals surface area contributed by atoms with Crippen LogP contribution in [0.4, 0.5) is 5.69 Å². The lowest BCUT2D eigenvalue weighted by atomic mass is 10.1. The first-order chi connectivity index (χ1) is 8.51. The molecule has 0 aliphatic carbocycles. The van der Waals surface area contributed by atoms with Crippen LogP contribution in [0.25, 0.3) is 0 Å². The zero-order chi connectivity index (χ0) is 13.7. The van der Waals surface area contributed by atoms with E-state index in [1.165, 1.54) is 0 Å². The Hall–Kier alpha value is -1.71. The molecule has 0 bridgehead atoms. The van der Waals surface area contributed by atoms with E-state index in [4.69, 9.17) is 15.9 Å². The second-order valence-electron chi connectivity index (χ2n) is 4.58. The van der Waals surface area contributed by atoms with E-state index in [9.17, 15) is 0 Å². The Morgan fingerprint density at radius 3 is 2.56 bits per heavy atom. The highest BCUT2D eigenvalue weighted by Crippen LogP contribution is 2.27. The average Bonchev–Trinajstić information content (AvgIpc) is 2.34. The van der Waals surface area contributed by atoms with Gasteiger partial charge in [0.1, 0.15) is 11.6 Å². The summed E-state index contributed by atoms with van der Waals surface area (Å²) in [6.07, 6.45) is 1.05. The van der Waals surface area contributed by atoms with Crippen molar-refractivity contribution in [1.82, 2.24) is 0 Å². The number of amidine groups is 1. The van der Waals surface area contributed by atoms with E-state index in [0.717, 1.165) is 30.0 Å². The zero-order valence-corrected chi connectivity index (χ0v) is 11.7. The van der Waals surface area contributed by atoms with Crippen molar-refractivity contribution in [1.29, 1.82) is 5.41 Å². The Balaban J connectivity index is 3.27. The van der Waals surface area contributed by atoms with Crippen molar-refractivity contribution in [2.45, 2.75) is 33.2 Å². The quantitative estimate of drug-likeness (QED) is 0.601. The van der Waals surface area contributed by atoms with Gasteiger partial charge in [0.15, 0.2) is 0 Å². The fourth-order valence-electron chi connectivity index (χ4n) is 2.00. The number of benzene rings is 1. The lowest BCUT2D eigenvalue weighted by Gasteiger charge is -2.30. The maximum atomic E-state index is 7.68. The second-order valence-corrected chi connectivity index (χ2v) is 4.58. The third-order valence-corrected chi connectivity index (χ3v) is 2.89. The van der Waals surface area contributed by atoms with E-state index in [-0.39, 0.29) is 5.84 Å². The molecular formula is C14H23N3O. The van der Waals surface area contributed by atoms with Crippen molar-refractivity contribution in [3.8, 4) is 5.75 Å². The van der Waals surface area contributed by atoms with Crippen LogP contribution in [-0.2, 0) is 0 Å². The summed E-state index contributed by atoms with van der Waals surface area (Å²) in [6, 6.07) is 5.99. The van der Waals surface area contributed by atoms with Crippen LogP contribution >= 0.6 is 0 Å². The summed E-state index contributed by atoms with van der Waals surface area (Å²) in [5.74, 6) is 0.881. The minimum Gasteiger partial charge on any atom is -0.497 e. The lowest BCUT2D eigenvalue weighted by Crippen LogP contribution is -2.33. The Morgan fingerprint density at radius 2 is 2.11 bits per heavy atom. The molecule has 0 spiro atoms. The summed E-state index contributed by atoms with van der Waals surface area (Å²) in [6.45, 7) is 7.35. The summed E-state index contributed by atoms with van der Waals surface area (Å²) < 4.78 is 5.26. The molecule has 0 aliphatic rings. The monoisotopic (exact) mass is 249 g/mol. The van der Waals surface area contributed by atoms with E-state index >= 15 is 0 Å². The minimum atomic E-state index is 0.0920. The summed E-state index contributed by atoms with van der Waals surface area (Å²) in [5, 5.41) is 7.68. The van der Waals surface area contributed by atoms with Gasteiger partial charge in [0.05, 0.1) is 12.8 Å². The van der Waals surface area contributed by atoms with Crippen molar-refractivity contribution in [2.75, 3.05) is 18.6 Å². The standard InChI is InChI=1S/C14H23N3O/c1-5-8-17(10(2)3)13-9-11(18-4)6-7-12(13)14(15)16/h6-7,9-10H,5,8H2,1-4H3,(H3,15,16). The SMILES string of the molecule is CCCN(c1cc(OC)ccc1C(=N)N)C(C)C. The molecule has 0 aromatic heterocycles. The molecule has 3 N–H and O–H groups in total. The first kappa shape index (κ1) is 14.4. The first-order valence-corrected chi connectivity index (χ1v) is 6.30. The van der Waals surface area contributed by atoms with Gasteiger partial charge < -0.3 is 15.4 Å². The number of hydrogen-bond donors (Lipinski definition) is 2. The maximum absolute atomic E-state index is 7.68. The molecule has 0 radical (unpaired) electrons. The first-order valence-electron chi connectivity index (χ1n) is 6.30. The number of anilines is 1. The van der Waals surface area contributed by atoms with E-state index in [2.05, 4.69) is 25.7 Å². The van der Waals surface area contributed by atoms with Gasteiger partial charge in [0.25, 0.3) is 0 Å². The highest BCUT2D eigenvalue weighted by atomic mass is 16.5. The summed E-state index contributed by atoms with van der Waals surface area (Å²) >= 11 is 0. The molecule has 0 fully saturated rings. The van der Waals surface area contributed by atoms with Gasteiger partial charge in [-0.3, -0.25) is 5.41 Å². The van der Waals surface area contributed by atoms with Crippen LogP contribution in [0.3, 0.4) is 0 Å². The molecule has 0 heterocycles. The molecule has 0 atom stereocenters. The van der Waals surface area contributed by atoms with Crippen molar-refractivity contribution >= 4 is 11.5 Å². The number of nitrogen functional groups attached to an aromatic ring is 1. The molecular weight excluding hydrogens is 226 g/mol. The Kier molecular flexibility index (Phi) is 5.01. The highest BCUT2D eigenvalue weighted by molar-refractivity contribution is 6.00. The van der Waals surface area contributed by atoms with Crippen molar-refractivity contribution in [3.05, 3.63) is 23.8 Å². The second kappa shape index (κ2) is 6.28. The number of methoxy groups -OCH3 is 1. The van der Waals surface area contributed by atoms with Crippen LogP contribution in [0, 0.1) is 5.41 Å². The minimum absolute atomic E-state index is 0.0920. The van der Waals surface area contributed by atoms with Crippen molar-refractivity contribution in [3.63, 3.8) is 0 Å². The summed E-state index contributed by atoms with van der Waals surface area (Å²) in [4.78, 5) is 2.25. The normalized spacial score (nSPS) is 10.5. The van der Waals surface area contributed by atoms with Crippen LogP contribution in [0.2, 0.25) is 0 Å². The van der Waals surface area contributed by atoms with Gasteiger partial charge >= 0.3 is 0 Å². The van der Waals surface area contributed by atoms with Crippen LogP contribution in [0.1, 0.15) is 32.8 Å². The molecule has 0 amide bonds. The van der Waals surface area contributed by atoms with Gasteiger partial charge in [0.2, 0.25) is 0 Å². The predicted octanol–water partition coefficient (Wildman–Crippen LogP) is 2.60. The highest BCUT2D eigenvalue weighted by Gasteiger charge is 2.16. The van der Waals surface area contributed by atoms with E-state index in [1.807, 2.05) is 18.2 Å². The summed E-state index contributed by atoms with van der Waals surface area (Å²) in [5.41, 5.74) is 7.39. The fraction of sp³-hybridized carbons (Fsp3) is 0.500. The van der Waals surface area contributed by atoms with Gasteiger partial charge in [-0.1, -0.05) is 6.92 Å². The topological polar surface area (TPSA) is 62.3 Å². The number of nitrogens with zero attached hydrogens (tertiary/aromatic N) is 1. The Morgan fingerprint density at radius 1 is 1.44 bits per heavy atom. The number of nitrogens with two attached hydrogens (primary N) is 1. The molecule has 1 aromatic carbocycles. The van der Waals surface area contributed by atoms with Gasteiger partial charge in [-0.2, -0.15) is 0 Å². The zero-order valence-electron chi connectivity index (χ0n) is 11.7. The fourth-order valence-corrected chi connectivity index (χ4v) is 2.00. The average molecular weight is 249 g/mol. The van der Waals surface area contributed by atoms with Gasteiger partial charge in [-0.15, -0.1) is 0 Å². The van der Waals surface area contributed by atoms with Gasteiger partial charge in [0, 0.05) is 24.2 Å². The largest absolute Gasteiger partial charge is 0.497 e. The van der Waals surface area contributed by atoms with Gasteiger partial charge in [-0.05, 0) is 32.4 Å². The number of rotatable bonds is 6. The van der Waals surface area contributed by atoms with Gasteiger partial charge in [-0.25, -0.2) is 0 Å². The van der Waals surface area contributed by atoms with Crippen molar-refractivity contribution < 1.29 is 4.74 Å². The van der Waals surface area contributed by atoms with Crippen LogP contribution in [-0.4, -0.2) is 25.5 Å². The van der Waals surface area contributed by atoms with Crippen LogP contribution in [0.5, 0.6) is 5.75 Å². The van der Waals surface area contributed by atoms with E-state index in [1.54, 1.807) is 7.11 Å². The Bertz CT molecular complexity index is 416. The molecule has 0 aliphatic heterocycles. The van der Waals surface area contributed by atoms with Crippen LogP contribution < -0.4 is 15.4 Å². The smallest absolute Gasteiger partial charge is 0.124 e. The van der Waals surface area contributed by atoms with Crippen LogP contribution in [0.15, 0.2) is 18.2 Å². The molecule has 4 nitrogen and oxygen atoms in total. The molecule has 4 heteroatoms. The molecule has 1 aromatic rings. The van der Waals surface area contributed by atoms with E-state index in [0.29, 0.717) is 6.04 Å². The molecule has 1 rings (SSSR count). The lowest BCUT2D eigenvalue weighted by molar-refractivity contribution is 0.414. The molecule has 18 heavy (non-hydrogen) atoms. The maximum Gasteiger partial charge on any atom is 0.124 e. The Labute approximate surface area is 109 Å². The molecule has 0 saturated heterocycles. The molecule has 0 unspecified atom stereocenters. The van der Waals surface area contributed by atoms with Crippen molar-refractivity contribution in [2.24, 2.45) is 5.73 Å². The number of hydrogen-bond acceptors (Lipinski definition) is 3. The summed E-state index contributed by atoms with van der Waals surface area (Å²) in [7, 11) is 1.64. The van der Waals surface area contributed by atoms with E-state index < -0.39 is 0 Å². The third-order valence-electron chi connectivity index (χ3n) is 2.89. The molecule has 100 valence electrons. The number of nitrogens with one attached hydrogen (secondary N) is 1. The molecule has 0 saturated carbocycles.